The van der Waals surface area contributed by atoms with Crippen LogP contribution in [0.1, 0.15) is 37.0 Å². The predicted molar refractivity (Wildman–Crippen MR) is 109 cm³/mol. The van der Waals surface area contributed by atoms with E-state index in [0.29, 0.717) is 28.6 Å². The molecule has 0 spiro atoms. The van der Waals surface area contributed by atoms with Crippen molar-refractivity contribution in [1.29, 1.82) is 0 Å². The summed E-state index contributed by atoms with van der Waals surface area (Å²) in [6.07, 6.45) is 2.02. The van der Waals surface area contributed by atoms with Crippen LogP contribution in [0.3, 0.4) is 0 Å². The molecule has 7 nitrogen and oxygen atoms in total. The molecule has 3 N–H and O–H groups in total. The molecule has 148 valence electrons. The molecule has 1 aliphatic carbocycles. The number of nitrogens with one attached hydrogen (secondary N) is 3. The Bertz CT molecular complexity index is 896. The lowest BCUT2D eigenvalue weighted by Gasteiger charge is -2.10. The summed E-state index contributed by atoms with van der Waals surface area (Å²) in [5, 5.41) is 9.27. The largest absolute Gasteiger partial charge is 0.349 e. The van der Waals surface area contributed by atoms with Gasteiger partial charge in [0.1, 0.15) is 0 Å². The third-order valence-corrected chi connectivity index (χ3v) is 5.04. The first-order valence-electron chi connectivity index (χ1n) is 9.33. The molecule has 8 heteroatoms. The summed E-state index contributed by atoms with van der Waals surface area (Å²) in [4.78, 5) is 40.8. The topological polar surface area (TPSA) is 100 Å². The van der Waals surface area contributed by atoms with Gasteiger partial charge < -0.3 is 10.6 Å². The number of pyridine rings is 1. The number of carbonyl (C=O) groups excluding carboxylic acids is 3. The highest BCUT2D eigenvalue weighted by molar-refractivity contribution is 7.99. The summed E-state index contributed by atoms with van der Waals surface area (Å²) in [5.74, 6) is -0.202. The van der Waals surface area contributed by atoms with E-state index in [0.717, 1.165) is 18.2 Å². The number of benzene rings is 1. The van der Waals surface area contributed by atoms with E-state index in [4.69, 9.17) is 0 Å². The molecule has 0 radical (unpaired) electrons. The van der Waals surface area contributed by atoms with Crippen LogP contribution in [0.25, 0.3) is 10.9 Å². The Balaban J connectivity index is 1.66. The fourth-order valence-electron chi connectivity index (χ4n) is 2.55. The summed E-state index contributed by atoms with van der Waals surface area (Å²) in [6, 6.07) is 8.89. The number of thioether (sulfide) groups is 1. The molecule has 1 aliphatic rings. The molecular formula is C20H24N4O3S. The monoisotopic (exact) mass is 400 g/mol. The van der Waals surface area contributed by atoms with Crippen LogP contribution in [0.2, 0.25) is 0 Å². The van der Waals surface area contributed by atoms with Crippen LogP contribution in [-0.2, 0) is 4.79 Å². The molecule has 2 aromatic rings. The highest BCUT2D eigenvalue weighted by atomic mass is 32.2. The van der Waals surface area contributed by atoms with Gasteiger partial charge in [0.25, 0.3) is 5.91 Å². The number of para-hydroxylation sites is 1. The minimum atomic E-state index is -0.504. The number of amides is 4. The summed E-state index contributed by atoms with van der Waals surface area (Å²) in [6.45, 7) is 4.44. The standard InChI is InChI=1S/C20H24N4O3S/c1-12(2)10-21-20(27)24-17(25)11-28-18-9-15(19(26)22-13-7-8-13)14-5-3-4-6-16(14)23-18/h3-6,9,12-13H,7-8,10-11H2,1-2H3,(H,22,26)(H2,21,24,25,27). The van der Waals surface area contributed by atoms with Crippen molar-refractivity contribution in [2.24, 2.45) is 5.92 Å². The number of fused-ring (bicyclic) bond motifs is 1. The van der Waals surface area contributed by atoms with Gasteiger partial charge in [0.15, 0.2) is 0 Å². The van der Waals surface area contributed by atoms with Crippen molar-refractivity contribution in [2.45, 2.75) is 37.8 Å². The van der Waals surface area contributed by atoms with Crippen molar-refractivity contribution in [3.8, 4) is 0 Å². The van der Waals surface area contributed by atoms with Crippen molar-refractivity contribution in [1.82, 2.24) is 20.9 Å². The first kappa shape index (κ1) is 20.1. The van der Waals surface area contributed by atoms with Gasteiger partial charge >= 0.3 is 6.03 Å². The van der Waals surface area contributed by atoms with Crippen molar-refractivity contribution in [2.75, 3.05) is 12.3 Å². The van der Waals surface area contributed by atoms with E-state index in [1.165, 1.54) is 11.8 Å². The quantitative estimate of drug-likeness (QED) is 0.621. The average molecular weight is 401 g/mol. The smallest absolute Gasteiger partial charge is 0.321 e. The molecule has 0 aliphatic heterocycles. The lowest BCUT2D eigenvalue weighted by atomic mass is 10.1. The van der Waals surface area contributed by atoms with E-state index in [9.17, 15) is 14.4 Å². The van der Waals surface area contributed by atoms with E-state index in [2.05, 4.69) is 20.9 Å². The van der Waals surface area contributed by atoms with Gasteiger partial charge in [-0.2, -0.15) is 0 Å². The Morgan fingerprint density at radius 1 is 1.21 bits per heavy atom. The molecule has 1 saturated carbocycles. The lowest BCUT2D eigenvalue weighted by Crippen LogP contribution is -2.41. The van der Waals surface area contributed by atoms with Gasteiger partial charge in [-0.1, -0.05) is 43.8 Å². The minimum absolute atomic E-state index is 0.0319. The fourth-order valence-corrected chi connectivity index (χ4v) is 3.26. The number of urea groups is 1. The van der Waals surface area contributed by atoms with Crippen molar-refractivity contribution >= 4 is 40.5 Å². The lowest BCUT2D eigenvalue weighted by molar-refractivity contribution is -0.117. The van der Waals surface area contributed by atoms with Crippen molar-refractivity contribution in [3.63, 3.8) is 0 Å². The molecule has 0 saturated heterocycles. The second kappa shape index (κ2) is 9.05. The first-order valence-corrected chi connectivity index (χ1v) is 10.3. The van der Waals surface area contributed by atoms with Crippen molar-refractivity contribution < 1.29 is 14.4 Å². The molecule has 1 fully saturated rings. The van der Waals surface area contributed by atoms with Crippen LogP contribution in [-0.4, -0.2) is 41.2 Å². The fraction of sp³-hybridized carbons (Fsp3) is 0.400. The van der Waals surface area contributed by atoms with Gasteiger partial charge in [-0.3, -0.25) is 14.9 Å². The maximum absolute atomic E-state index is 12.6. The van der Waals surface area contributed by atoms with Gasteiger partial charge in [-0.15, -0.1) is 0 Å². The van der Waals surface area contributed by atoms with Crippen molar-refractivity contribution in [3.05, 3.63) is 35.9 Å². The first-order chi connectivity index (χ1) is 13.4. The van der Waals surface area contributed by atoms with Crippen LogP contribution < -0.4 is 16.0 Å². The van der Waals surface area contributed by atoms with Crippen LogP contribution in [0.5, 0.6) is 0 Å². The number of aromatic nitrogens is 1. The third kappa shape index (κ3) is 5.69. The van der Waals surface area contributed by atoms with E-state index >= 15 is 0 Å². The molecule has 28 heavy (non-hydrogen) atoms. The van der Waals surface area contributed by atoms with E-state index in [1.54, 1.807) is 6.07 Å². The molecule has 1 heterocycles. The Kier molecular flexibility index (Phi) is 6.51. The van der Waals surface area contributed by atoms with Crippen LogP contribution >= 0.6 is 11.8 Å². The summed E-state index contributed by atoms with van der Waals surface area (Å²) >= 11 is 1.19. The zero-order valence-electron chi connectivity index (χ0n) is 16.0. The Morgan fingerprint density at radius 3 is 2.68 bits per heavy atom. The molecule has 0 unspecified atom stereocenters. The highest BCUT2D eigenvalue weighted by Crippen LogP contribution is 2.26. The van der Waals surface area contributed by atoms with E-state index < -0.39 is 11.9 Å². The van der Waals surface area contributed by atoms with Crippen LogP contribution in [0.4, 0.5) is 4.79 Å². The SMILES string of the molecule is CC(C)CNC(=O)NC(=O)CSc1cc(C(=O)NC2CC2)c2ccccc2n1. The predicted octanol–water partition coefficient (Wildman–Crippen LogP) is 2.70. The van der Waals surface area contributed by atoms with Gasteiger partial charge in [-0.05, 0) is 30.9 Å². The molecule has 1 aromatic heterocycles. The maximum atomic E-state index is 12.6. The molecule has 4 amide bonds. The highest BCUT2D eigenvalue weighted by Gasteiger charge is 2.25. The molecular weight excluding hydrogens is 376 g/mol. The number of nitrogens with zero attached hydrogens (tertiary/aromatic N) is 1. The normalized spacial score (nSPS) is 13.4. The van der Waals surface area contributed by atoms with Crippen LogP contribution in [0, 0.1) is 5.92 Å². The number of hydrogen-bond acceptors (Lipinski definition) is 5. The van der Waals surface area contributed by atoms with Gasteiger partial charge in [0.05, 0.1) is 21.9 Å². The Hall–Kier alpha value is -2.61. The molecule has 1 aromatic carbocycles. The van der Waals surface area contributed by atoms with E-state index in [-0.39, 0.29) is 17.7 Å². The van der Waals surface area contributed by atoms with Gasteiger partial charge in [0, 0.05) is 18.0 Å². The molecule has 3 rings (SSSR count). The second-order valence-electron chi connectivity index (χ2n) is 7.21. The zero-order valence-corrected chi connectivity index (χ0v) is 16.8. The number of carbonyl (C=O) groups is 3. The molecule has 0 atom stereocenters. The average Bonchev–Trinajstić information content (AvgIpc) is 3.48. The minimum Gasteiger partial charge on any atom is -0.349 e. The summed E-state index contributed by atoms with van der Waals surface area (Å²) < 4.78 is 0. The number of imide groups is 1. The Labute approximate surface area is 168 Å². The van der Waals surface area contributed by atoms with E-state index in [1.807, 2.05) is 38.1 Å². The summed E-state index contributed by atoms with van der Waals surface area (Å²) in [7, 11) is 0. The van der Waals surface area contributed by atoms with Crippen LogP contribution in [0.15, 0.2) is 35.4 Å². The molecule has 0 bridgehead atoms. The second-order valence-corrected chi connectivity index (χ2v) is 8.21. The van der Waals surface area contributed by atoms with Gasteiger partial charge in [0.2, 0.25) is 5.91 Å². The van der Waals surface area contributed by atoms with Gasteiger partial charge in [-0.25, -0.2) is 9.78 Å². The number of rotatable bonds is 7. The zero-order chi connectivity index (χ0) is 20.1. The maximum Gasteiger partial charge on any atom is 0.321 e. The Morgan fingerprint density at radius 2 is 1.96 bits per heavy atom. The summed E-state index contributed by atoms with van der Waals surface area (Å²) in [5.41, 5.74) is 1.25. The third-order valence-electron chi connectivity index (χ3n) is 4.12. The number of hydrogen-bond donors (Lipinski definition) is 3.